The van der Waals surface area contributed by atoms with E-state index < -0.39 is 5.82 Å². The first-order valence-electron chi connectivity index (χ1n) is 10.9. The van der Waals surface area contributed by atoms with Crippen LogP contribution in [0.25, 0.3) is 28.1 Å². The highest BCUT2D eigenvalue weighted by atomic mass is 35.5. The summed E-state index contributed by atoms with van der Waals surface area (Å²) in [5, 5.41) is 12.1. The van der Waals surface area contributed by atoms with E-state index in [-0.39, 0.29) is 22.6 Å². The van der Waals surface area contributed by atoms with Crippen molar-refractivity contribution in [1.82, 2.24) is 9.27 Å². The average molecular weight is 482 g/mol. The third kappa shape index (κ3) is 3.09. The molecule has 6 rings (SSSR count). The number of anilines is 1. The van der Waals surface area contributed by atoms with Gasteiger partial charge in [0.2, 0.25) is 5.91 Å². The lowest BCUT2D eigenvalue weighted by Crippen LogP contribution is -2.72. The van der Waals surface area contributed by atoms with Gasteiger partial charge in [-0.3, -0.25) is 4.79 Å². The summed E-state index contributed by atoms with van der Waals surface area (Å²) in [6.07, 6.45) is 7.05. The maximum Gasteiger partial charge on any atom is 0.245 e. The van der Waals surface area contributed by atoms with Crippen LogP contribution < -0.4 is 4.90 Å². The number of nitrogens with zero attached hydrogens (tertiary/aromatic N) is 3. The maximum absolute atomic E-state index is 15.8. The Morgan fingerprint density at radius 3 is 2.82 bits per heavy atom. The normalized spacial score (nSPS) is 18.2. The molecular formula is C25H21ClFN3O2S. The number of allylic oxidation sites excluding steroid dienone is 1. The van der Waals surface area contributed by atoms with E-state index in [1.54, 1.807) is 23.1 Å². The zero-order valence-electron chi connectivity index (χ0n) is 17.8. The number of carbonyl (C=O) groups excluding carboxylic acids is 1. The maximum atomic E-state index is 15.8. The zero-order valence-corrected chi connectivity index (χ0v) is 19.3. The highest BCUT2D eigenvalue weighted by molar-refractivity contribution is 7.11. The molecule has 3 aromatic rings. The number of phenolic OH excluding ortho intramolecular Hbond substituents is 1. The summed E-state index contributed by atoms with van der Waals surface area (Å²) in [6, 6.07) is 5.10. The molecule has 1 N–H and O–H groups in total. The van der Waals surface area contributed by atoms with Gasteiger partial charge >= 0.3 is 0 Å². The topological polar surface area (TPSA) is 56.7 Å². The highest BCUT2D eigenvalue weighted by Gasteiger charge is 2.53. The van der Waals surface area contributed by atoms with E-state index in [4.69, 9.17) is 11.6 Å². The number of aromatic nitrogens is 1. The fourth-order valence-corrected chi connectivity index (χ4v) is 6.53. The van der Waals surface area contributed by atoms with Gasteiger partial charge in [0, 0.05) is 42.5 Å². The van der Waals surface area contributed by atoms with Gasteiger partial charge in [-0.05, 0) is 65.3 Å². The van der Waals surface area contributed by atoms with Gasteiger partial charge < -0.3 is 14.9 Å². The first-order chi connectivity index (χ1) is 15.9. The van der Waals surface area contributed by atoms with Crippen LogP contribution in [0.3, 0.4) is 0 Å². The molecule has 3 aliphatic rings. The number of halogens is 2. The van der Waals surface area contributed by atoms with Crippen molar-refractivity contribution < 1.29 is 14.3 Å². The van der Waals surface area contributed by atoms with E-state index in [9.17, 15) is 9.90 Å². The predicted molar refractivity (Wildman–Crippen MR) is 130 cm³/mol. The van der Waals surface area contributed by atoms with Gasteiger partial charge in [0.15, 0.2) is 5.82 Å². The van der Waals surface area contributed by atoms with Gasteiger partial charge in [-0.25, -0.2) is 4.39 Å². The lowest BCUT2D eigenvalue weighted by atomic mass is 9.73. The predicted octanol–water partition coefficient (Wildman–Crippen LogP) is 5.26. The molecule has 1 aliphatic carbocycles. The second-order valence-electron chi connectivity index (χ2n) is 9.19. The molecule has 2 aliphatic heterocycles. The van der Waals surface area contributed by atoms with Crippen molar-refractivity contribution in [2.45, 2.75) is 12.8 Å². The first kappa shape index (κ1) is 20.7. The lowest BCUT2D eigenvalue weighted by molar-refractivity contribution is -0.139. The van der Waals surface area contributed by atoms with Crippen molar-refractivity contribution in [2.24, 2.45) is 5.41 Å². The molecule has 0 atom stereocenters. The SMILES string of the molecule is C=CC(=O)N1CC2(C1)CN(c1snc3c(F)c(-c4cc(O)cc5c4C=CCC5)c(Cl)cc13)C2. The van der Waals surface area contributed by atoms with Crippen molar-refractivity contribution in [3.63, 3.8) is 0 Å². The summed E-state index contributed by atoms with van der Waals surface area (Å²) < 4.78 is 20.2. The Bertz CT molecular complexity index is 1370. The lowest BCUT2D eigenvalue weighted by Gasteiger charge is -2.60. The van der Waals surface area contributed by atoms with Crippen molar-refractivity contribution in [3.05, 3.63) is 58.9 Å². The number of hydrogen-bond acceptors (Lipinski definition) is 5. The number of likely N-dealkylation sites (tertiary alicyclic amines) is 1. The van der Waals surface area contributed by atoms with Crippen molar-refractivity contribution in [2.75, 3.05) is 31.1 Å². The Morgan fingerprint density at radius 2 is 2.06 bits per heavy atom. The van der Waals surface area contributed by atoms with Gasteiger partial charge in [-0.1, -0.05) is 30.3 Å². The van der Waals surface area contributed by atoms with Crippen molar-refractivity contribution >= 4 is 51.0 Å². The molecule has 2 saturated heterocycles. The molecule has 0 radical (unpaired) electrons. The summed E-state index contributed by atoms with van der Waals surface area (Å²) in [7, 11) is 0. The molecule has 8 heteroatoms. The van der Waals surface area contributed by atoms with Gasteiger partial charge in [-0.15, -0.1) is 0 Å². The van der Waals surface area contributed by atoms with Gasteiger partial charge in [0.25, 0.3) is 0 Å². The van der Waals surface area contributed by atoms with Gasteiger partial charge in [0.1, 0.15) is 16.3 Å². The number of fused-ring (bicyclic) bond motifs is 2. The minimum atomic E-state index is -0.464. The molecule has 0 bridgehead atoms. The van der Waals surface area contributed by atoms with Crippen LogP contribution in [-0.2, 0) is 11.2 Å². The summed E-state index contributed by atoms with van der Waals surface area (Å²) in [6.45, 7) is 6.60. The number of aryl methyl sites for hydroxylation is 1. The van der Waals surface area contributed by atoms with E-state index in [0.29, 0.717) is 21.5 Å². The molecule has 168 valence electrons. The number of phenols is 1. The number of hydrogen-bond donors (Lipinski definition) is 1. The monoisotopic (exact) mass is 481 g/mol. The Kier molecular flexibility index (Phi) is 4.58. The number of carbonyl (C=O) groups is 1. The van der Waals surface area contributed by atoms with Crippen molar-refractivity contribution in [1.29, 1.82) is 0 Å². The standard InChI is InChI=1S/C25H21ClFN3O2S/c1-2-20(32)29-10-25(11-29)12-30(13-25)24-18-9-19(26)21(22(27)23(18)28-33-24)17-8-15(31)7-14-5-3-4-6-16(14)17/h2,4,6-9,31H,1,3,5,10-13H2. The van der Waals surface area contributed by atoms with Crippen LogP contribution in [0, 0.1) is 11.2 Å². The van der Waals surface area contributed by atoms with Gasteiger partial charge in [0.05, 0.1) is 5.02 Å². The Balaban J connectivity index is 1.35. The third-order valence-corrected chi connectivity index (χ3v) is 8.13. The smallest absolute Gasteiger partial charge is 0.245 e. The molecule has 0 saturated carbocycles. The van der Waals surface area contributed by atoms with E-state index in [2.05, 4.69) is 21.9 Å². The van der Waals surface area contributed by atoms with Gasteiger partial charge in [-0.2, -0.15) is 4.37 Å². The van der Waals surface area contributed by atoms with Crippen LogP contribution >= 0.6 is 23.1 Å². The molecule has 2 fully saturated rings. The minimum absolute atomic E-state index is 0.0346. The zero-order chi connectivity index (χ0) is 22.9. The molecule has 3 heterocycles. The fraction of sp³-hybridized carbons (Fsp3) is 0.280. The van der Waals surface area contributed by atoms with E-state index >= 15 is 4.39 Å². The minimum Gasteiger partial charge on any atom is -0.508 e. The Labute approximate surface area is 199 Å². The van der Waals surface area contributed by atoms with Crippen LogP contribution in [-0.4, -0.2) is 46.5 Å². The summed E-state index contributed by atoms with van der Waals surface area (Å²) in [4.78, 5) is 15.7. The number of amides is 1. The molecule has 1 aromatic heterocycles. The van der Waals surface area contributed by atoms with E-state index in [0.717, 1.165) is 55.1 Å². The highest BCUT2D eigenvalue weighted by Crippen LogP contribution is 2.48. The molecule has 33 heavy (non-hydrogen) atoms. The Morgan fingerprint density at radius 1 is 1.27 bits per heavy atom. The van der Waals surface area contributed by atoms with Crippen LogP contribution in [0.1, 0.15) is 17.5 Å². The second-order valence-corrected chi connectivity index (χ2v) is 10.4. The Hall–Kier alpha value is -2.90. The fourth-order valence-electron chi connectivity index (χ4n) is 5.38. The average Bonchev–Trinajstić information content (AvgIpc) is 3.15. The molecule has 1 amide bonds. The van der Waals surface area contributed by atoms with Crippen LogP contribution in [0.2, 0.25) is 5.02 Å². The molecule has 5 nitrogen and oxygen atoms in total. The quantitative estimate of drug-likeness (QED) is 0.519. The molecule has 2 aromatic carbocycles. The van der Waals surface area contributed by atoms with Crippen LogP contribution in [0.5, 0.6) is 5.75 Å². The molecule has 1 spiro atoms. The van der Waals surface area contributed by atoms with Crippen LogP contribution in [0.15, 0.2) is 36.9 Å². The number of aromatic hydroxyl groups is 1. The molecular weight excluding hydrogens is 461 g/mol. The first-order valence-corrected chi connectivity index (χ1v) is 12.0. The van der Waals surface area contributed by atoms with E-state index in [1.807, 2.05) is 6.08 Å². The summed E-state index contributed by atoms with van der Waals surface area (Å²) in [5.74, 6) is -0.398. The summed E-state index contributed by atoms with van der Waals surface area (Å²) >= 11 is 7.93. The third-order valence-electron chi connectivity index (χ3n) is 6.91. The largest absolute Gasteiger partial charge is 0.508 e. The van der Waals surface area contributed by atoms with Crippen molar-refractivity contribution in [3.8, 4) is 16.9 Å². The van der Waals surface area contributed by atoms with E-state index in [1.165, 1.54) is 17.6 Å². The van der Waals surface area contributed by atoms with Crippen LogP contribution in [0.4, 0.5) is 9.39 Å². The number of rotatable bonds is 3. The second kappa shape index (κ2) is 7.30. The number of benzene rings is 2. The molecule has 0 unspecified atom stereocenters. The summed E-state index contributed by atoms with van der Waals surface area (Å²) in [5.41, 5.74) is 3.13.